The van der Waals surface area contributed by atoms with Gasteiger partial charge in [0, 0.05) is 18.8 Å². The van der Waals surface area contributed by atoms with Gasteiger partial charge in [0.15, 0.2) is 0 Å². The molecule has 0 aromatic heterocycles. The van der Waals surface area contributed by atoms with Gasteiger partial charge in [-0.2, -0.15) is 0 Å². The van der Waals surface area contributed by atoms with Gasteiger partial charge in [0.2, 0.25) is 0 Å². The molecular weight excluding hydrogens is 144 g/mol. The van der Waals surface area contributed by atoms with Gasteiger partial charge in [-0.1, -0.05) is 20.8 Å². The standard InChI is InChI=1S/C12H18/c1-5-8-12(4)10-7-9-11(3)6-2/h1,11-12H,6,8,10H2,2-4H3. The maximum atomic E-state index is 5.19. The first-order valence-corrected chi connectivity index (χ1v) is 4.62. The summed E-state index contributed by atoms with van der Waals surface area (Å²) in [6, 6.07) is 0. The van der Waals surface area contributed by atoms with Crippen LogP contribution in [-0.2, 0) is 0 Å². The average Bonchev–Trinajstić information content (AvgIpc) is 2.04. The lowest BCUT2D eigenvalue weighted by Crippen LogP contribution is -1.91. The minimum absolute atomic E-state index is 0.531. The van der Waals surface area contributed by atoms with E-state index in [4.69, 9.17) is 6.42 Å². The van der Waals surface area contributed by atoms with E-state index in [0.29, 0.717) is 11.8 Å². The number of terminal acetylenes is 1. The van der Waals surface area contributed by atoms with Gasteiger partial charge >= 0.3 is 0 Å². The Balaban J connectivity index is 3.64. The first-order chi connectivity index (χ1) is 5.70. The van der Waals surface area contributed by atoms with Crippen molar-refractivity contribution in [3.8, 4) is 24.2 Å². The molecule has 0 rings (SSSR count). The molecule has 0 aliphatic carbocycles. The fourth-order valence-electron chi connectivity index (χ4n) is 0.783. The third kappa shape index (κ3) is 5.87. The summed E-state index contributed by atoms with van der Waals surface area (Å²) in [5.74, 6) is 10.1. The molecule has 0 amide bonds. The fourth-order valence-corrected chi connectivity index (χ4v) is 0.783. The van der Waals surface area contributed by atoms with E-state index in [1.165, 1.54) is 0 Å². The molecule has 0 bridgehead atoms. The van der Waals surface area contributed by atoms with Gasteiger partial charge < -0.3 is 0 Å². The van der Waals surface area contributed by atoms with E-state index in [1.54, 1.807) is 0 Å². The van der Waals surface area contributed by atoms with Gasteiger partial charge in [0.1, 0.15) is 0 Å². The van der Waals surface area contributed by atoms with Crippen molar-refractivity contribution >= 4 is 0 Å². The summed E-state index contributed by atoms with van der Waals surface area (Å²) in [5.41, 5.74) is 0. The summed E-state index contributed by atoms with van der Waals surface area (Å²) >= 11 is 0. The van der Waals surface area contributed by atoms with Crippen LogP contribution in [0.5, 0.6) is 0 Å². The van der Waals surface area contributed by atoms with E-state index in [1.807, 2.05) is 0 Å². The second-order valence-corrected chi connectivity index (χ2v) is 3.35. The number of hydrogen-bond acceptors (Lipinski definition) is 0. The Morgan fingerprint density at radius 1 is 1.25 bits per heavy atom. The zero-order chi connectivity index (χ0) is 9.40. The SMILES string of the molecule is C#CCC(C)CC#CC(C)CC. The molecule has 0 radical (unpaired) electrons. The van der Waals surface area contributed by atoms with Gasteiger partial charge in [-0.15, -0.1) is 24.2 Å². The second-order valence-electron chi connectivity index (χ2n) is 3.35. The minimum atomic E-state index is 0.531. The molecule has 0 saturated heterocycles. The van der Waals surface area contributed by atoms with Crippen LogP contribution in [0.4, 0.5) is 0 Å². The zero-order valence-corrected chi connectivity index (χ0v) is 8.35. The molecule has 2 unspecified atom stereocenters. The number of hydrogen-bond donors (Lipinski definition) is 0. The quantitative estimate of drug-likeness (QED) is 0.559. The summed E-state index contributed by atoms with van der Waals surface area (Å²) in [6.45, 7) is 6.45. The van der Waals surface area contributed by atoms with E-state index in [0.717, 1.165) is 19.3 Å². The number of rotatable bonds is 3. The maximum absolute atomic E-state index is 5.19. The highest BCUT2D eigenvalue weighted by molar-refractivity contribution is 5.03. The highest BCUT2D eigenvalue weighted by Crippen LogP contribution is 2.05. The van der Waals surface area contributed by atoms with Crippen molar-refractivity contribution in [2.45, 2.75) is 40.0 Å². The van der Waals surface area contributed by atoms with Crippen LogP contribution in [0.2, 0.25) is 0 Å². The Morgan fingerprint density at radius 2 is 1.92 bits per heavy atom. The van der Waals surface area contributed by atoms with Crippen molar-refractivity contribution in [3.05, 3.63) is 0 Å². The zero-order valence-electron chi connectivity index (χ0n) is 8.35. The summed E-state index contributed by atoms with van der Waals surface area (Å²) in [4.78, 5) is 0. The molecule has 0 aromatic carbocycles. The van der Waals surface area contributed by atoms with Crippen molar-refractivity contribution < 1.29 is 0 Å². The van der Waals surface area contributed by atoms with E-state index in [9.17, 15) is 0 Å². The summed E-state index contributed by atoms with van der Waals surface area (Å²) in [5, 5.41) is 0. The predicted molar refractivity (Wildman–Crippen MR) is 54.5 cm³/mol. The third-order valence-corrected chi connectivity index (χ3v) is 1.88. The van der Waals surface area contributed by atoms with Crippen LogP contribution in [0.3, 0.4) is 0 Å². The molecule has 0 N–H and O–H groups in total. The van der Waals surface area contributed by atoms with Gasteiger partial charge in [0.05, 0.1) is 0 Å². The molecular formula is C12H18. The van der Waals surface area contributed by atoms with Crippen molar-refractivity contribution in [3.63, 3.8) is 0 Å². The minimum Gasteiger partial charge on any atom is -0.120 e. The monoisotopic (exact) mass is 162 g/mol. The Labute approximate surface area is 76.8 Å². The van der Waals surface area contributed by atoms with Crippen LogP contribution < -0.4 is 0 Å². The van der Waals surface area contributed by atoms with Gasteiger partial charge in [-0.3, -0.25) is 0 Å². The molecule has 0 heterocycles. The van der Waals surface area contributed by atoms with E-state index >= 15 is 0 Å². The van der Waals surface area contributed by atoms with Crippen LogP contribution in [0.25, 0.3) is 0 Å². The van der Waals surface area contributed by atoms with Crippen LogP contribution in [0.1, 0.15) is 40.0 Å². The molecule has 0 nitrogen and oxygen atoms in total. The summed E-state index contributed by atoms with van der Waals surface area (Å²) in [7, 11) is 0. The normalized spacial score (nSPS) is 13.8. The van der Waals surface area contributed by atoms with Crippen LogP contribution in [-0.4, -0.2) is 0 Å². The second kappa shape index (κ2) is 6.81. The molecule has 0 aliphatic rings. The van der Waals surface area contributed by atoms with Crippen LogP contribution in [0, 0.1) is 36.0 Å². The first-order valence-electron chi connectivity index (χ1n) is 4.62. The molecule has 12 heavy (non-hydrogen) atoms. The molecule has 0 saturated carbocycles. The lowest BCUT2D eigenvalue weighted by molar-refractivity contribution is 0.621. The fraction of sp³-hybridized carbons (Fsp3) is 0.667. The van der Waals surface area contributed by atoms with E-state index < -0.39 is 0 Å². The Kier molecular flexibility index (Phi) is 6.31. The molecule has 0 heteroatoms. The Hall–Kier alpha value is -0.880. The Morgan fingerprint density at radius 3 is 2.42 bits per heavy atom. The molecule has 2 atom stereocenters. The lowest BCUT2D eigenvalue weighted by atomic mass is 10.0. The van der Waals surface area contributed by atoms with Crippen LogP contribution >= 0.6 is 0 Å². The molecule has 0 aromatic rings. The topological polar surface area (TPSA) is 0 Å². The lowest BCUT2D eigenvalue weighted by Gasteiger charge is -2.00. The average molecular weight is 162 g/mol. The third-order valence-electron chi connectivity index (χ3n) is 1.88. The van der Waals surface area contributed by atoms with Crippen molar-refractivity contribution in [1.82, 2.24) is 0 Å². The van der Waals surface area contributed by atoms with E-state index in [-0.39, 0.29) is 0 Å². The molecule has 0 aliphatic heterocycles. The first kappa shape index (κ1) is 11.1. The molecule has 0 spiro atoms. The summed E-state index contributed by atoms with van der Waals surface area (Å²) < 4.78 is 0. The van der Waals surface area contributed by atoms with Crippen molar-refractivity contribution in [1.29, 1.82) is 0 Å². The van der Waals surface area contributed by atoms with Crippen molar-refractivity contribution in [2.24, 2.45) is 11.8 Å². The van der Waals surface area contributed by atoms with Crippen molar-refractivity contribution in [2.75, 3.05) is 0 Å². The summed E-state index contributed by atoms with van der Waals surface area (Å²) in [6.07, 6.45) is 8.11. The van der Waals surface area contributed by atoms with Gasteiger partial charge in [-0.25, -0.2) is 0 Å². The highest BCUT2D eigenvalue weighted by atomic mass is 14.0. The molecule has 66 valence electrons. The maximum Gasteiger partial charge on any atom is 0.0171 e. The van der Waals surface area contributed by atoms with Gasteiger partial charge in [0.25, 0.3) is 0 Å². The molecule has 0 fully saturated rings. The van der Waals surface area contributed by atoms with Crippen LogP contribution in [0.15, 0.2) is 0 Å². The smallest absolute Gasteiger partial charge is 0.0171 e. The van der Waals surface area contributed by atoms with E-state index in [2.05, 4.69) is 38.5 Å². The Bertz CT molecular complexity index is 196. The highest BCUT2D eigenvalue weighted by Gasteiger charge is 1.95. The van der Waals surface area contributed by atoms with Gasteiger partial charge in [-0.05, 0) is 12.3 Å². The predicted octanol–water partition coefficient (Wildman–Crippen LogP) is 3.09. The largest absolute Gasteiger partial charge is 0.120 e.